The van der Waals surface area contributed by atoms with Crippen LogP contribution in [0.3, 0.4) is 0 Å². The van der Waals surface area contributed by atoms with Gasteiger partial charge in [0.15, 0.2) is 0 Å². The number of benzene rings is 1. The zero-order valence-electron chi connectivity index (χ0n) is 16.1. The summed E-state index contributed by atoms with van der Waals surface area (Å²) < 4.78 is 5.72. The first-order chi connectivity index (χ1) is 13.4. The van der Waals surface area contributed by atoms with Crippen LogP contribution in [0.4, 0.5) is 11.4 Å². The number of carbonyl (C=O) groups is 1. The van der Waals surface area contributed by atoms with E-state index < -0.39 is 4.92 Å². The second-order valence-electron chi connectivity index (χ2n) is 7.14. The summed E-state index contributed by atoms with van der Waals surface area (Å²) in [5.74, 6) is -0.263. The number of anilines is 1. The van der Waals surface area contributed by atoms with E-state index in [1.54, 1.807) is 17.4 Å². The van der Waals surface area contributed by atoms with Gasteiger partial charge in [-0.25, -0.2) is 0 Å². The number of carbonyl (C=O) groups excluding carboxylic acids is 1. The molecular formula is C20H25N3O4S. The fourth-order valence-corrected chi connectivity index (χ4v) is 4.08. The van der Waals surface area contributed by atoms with Gasteiger partial charge in [-0.1, -0.05) is 6.07 Å². The Morgan fingerprint density at radius 1 is 1.39 bits per heavy atom. The molecule has 0 aliphatic carbocycles. The van der Waals surface area contributed by atoms with E-state index in [2.05, 4.69) is 5.32 Å². The number of thiophene rings is 1. The van der Waals surface area contributed by atoms with Gasteiger partial charge in [-0.2, -0.15) is 0 Å². The van der Waals surface area contributed by atoms with Crippen LogP contribution in [0, 0.1) is 24.0 Å². The molecule has 1 aromatic carbocycles. The first kappa shape index (κ1) is 20.4. The SMILES string of the molecule is Cc1cc(NC(=O)CN(Cc2cccs2)C[C@@H]2CCCO2)c([N+](=O)[O-])cc1C. The number of nitro groups is 1. The Labute approximate surface area is 168 Å². The molecule has 1 atom stereocenters. The number of nitrogens with zero attached hydrogens (tertiary/aromatic N) is 2. The van der Waals surface area contributed by atoms with Gasteiger partial charge < -0.3 is 10.1 Å². The molecule has 7 nitrogen and oxygen atoms in total. The standard InChI is InChI=1S/C20H25N3O4S/c1-14-9-18(19(23(25)26)10-15(14)2)21-20(24)13-22(11-16-5-3-7-27-16)12-17-6-4-8-28-17/h4,6,8-10,16H,3,5,7,11-13H2,1-2H3,(H,21,24)/t16-/m0/s1. The fraction of sp³-hybridized carbons (Fsp3) is 0.450. The smallest absolute Gasteiger partial charge is 0.293 e. The molecule has 2 heterocycles. The van der Waals surface area contributed by atoms with E-state index >= 15 is 0 Å². The minimum absolute atomic E-state index is 0.0830. The normalized spacial score (nSPS) is 16.5. The zero-order chi connectivity index (χ0) is 20.1. The lowest BCUT2D eigenvalue weighted by Crippen LogP contribution is -2.37. The number of amides is 1. The molecule has 1 aliphatic heterocycles. The minimum atomic E-state index is -0.460. The van der Waals surface area contributed by atoms with E-state index in [9.17, 15) is 14.9 Å². The van der Waals surface area contributed by atoms with E-state index in [0.717, 1.165) is 30.6 Å². The molecule has 0 bridgehead atoms. The summed E-state index contributed by atoms with van der Waals surface area (Å²) in [6.07, 6.45) is 2.16. The van der Waals surface area contributed by atoms with Crippen LogP contribution in [0.2, 0.25) is 0 Å². The van der Waals surface area contributed by atoms with Gasteiger partial charge in [-0.3, -0.25) is 19.8 Å². The van der Waals surface area contributed by atoms with Crippen molar-refractivity contribution in [2.24, 2.45) is 0 Å². The molecule has 1 N–H and O–H groups in total. The number of hydrogen-bond acceptors (Lipinski definition) is 6. The lowest BCUT2D eigenvalue weighted by atomic mass is 10.1. The third-order valence-corrected chi connectivity index (χ3v) is 5.76. The van der Waals surface area contributed by atoms with Crippen molar-refractivity contribution >= 4 is 28.6 Å². The lowest BCUT2D eigenvalue weighted by Gasteiger charge is -2.24. The quantitative estimate of drug-likeness (QED) is 0.534. The summed E-state index contributed by atoms with van der Waals surface area (Å²) in [6, 6.07) is 7.19. The third kappa shape index (κ3) is 5.37. The average molecular weight is 404 g/mol. The predicted molar refractivity (Wildman–Crippen MR) is 110 cm³/mol. The van der Waals surface area contributed by atoms with E-state index in [4.69, 9.17) is 4.74 Å². The largest absolute Gasteiger partial charge is 0.377 e. The molecule has 28 heavy (non-hydrogen) atoms. The van der Waals surface area contributed by atoms with Crippen LogP contribution in [0.1, 0.15) is 28.8 Å². The van der Waals surface area contributed by atoms with Gasteiger partial charge in [0.25, 0.3) is 5.69 Å². The summed E-state index contributed by atoms with van der Waals surface area (Å²) in [6.45, 7) is 5.92. The Morgan fingerprint density at radius 3 is 2.82 bits per heavy atom. The molecule has 0 saturated carbocycles. The van der Waals surface area contributed by atoms with Crippen molar-refractivity contribution in [3.05, 3.63) is 55.8 Å². The number of hydrogen-bond donors (Lipinski definition) is 1. The molecule has 1 amide bonds. The number of rotatable bonds is 8. The van der Waals surface area contributed by atoms with Gasteiger partial charge >= 0.3 is 0 Å². The Bertz CT molecular complexity index is 832. The molecule has 2 aromatic rings. The highest BCUT2D eigenvalue weighted by Crippen LogP contribution is 2.28. The molecule has 1 aliphatic rings. The van der Waals surface area contributed by atoms with Crippen LogP contribution >= 0.6 is 11.3 Å². The van der Waals surface area contributed by atoms with Crippen molar-refractivity contribution in [3.8, 4) is 0 Å². The van der Waals surface area contributed by atoms with Gasteiger partial charge in [-0.05, 0) is 55.3 Å². The molecule has 1 fully saturated rings. The zero-order valence-corrected chi connectivity index (χ0v) is 17.0. The van der Waals surface area contributed by atoms with E-state index in [0.29, 0.717) is 13.1 Å². The van der Waals surface area contributed by atoms with Crippen molar-refractivity contribution in [2.45, 2.75) is 39.3 Å². The number of nitrogens with one attached hydrogen (secondary N) is 1. The Balaban J connectivity index is 1.70. The van der Waals surface area contributed by atoms with Crippen LogP contribution in [0.25, 0.3) is 0 Å². The van der Waals surface area contributed by atoms with Crippen molar-refractivity contribution in [2.75, 3.05) is 25.0 Å². The van der Waals surface area contributed by atoms with Gasteiger partial charge in [0.2, 0.25) is 5.91 Å². The highest BCUT2D eigenvalue weighted by atomic mass is 32.1. The minimum Gasteiger partial charge on any atom is -0.377 e. The van der Waals surface area contributed by atoms with Crippen molar-refractivity contribution in [3.63, 3.8) is 0 Å². The second-order valence-corrected chi connectivity index (χ2v) is 8.18. The maximum Gasteiger partial charge on any atom is 0.293 e. The molecule has 1 aromatic heterocycles. The predicted octanol–water partition coefficient (Wildman–Crippen LogP) is 3.89. The lowest BCUT2D eigenvalue weighted by molar-refractivity contribution is -0.384. The molecule has 0 unspecified atom stereocenters. The van der Waals surface area contributed by atoms with Crippen LogP contribution in [-0.2, 0) is 16.1 Å². The van der Waals surface area contributed by atoms with E-state index in [-0.39, 0.29) is 29.9 Å². The highest BCUT2D eigenvalue weighted by molar-refractivity contribution is 7.09. The Hall–Kier alpha value is -2.29. The summed E-state index contributed by atoms with van der Waals surface area (Å²) in [5, 5.41) is 16.1. The van der Waals surface area contributed by atoms with E-state index in [1.807, 2.05) is 36.3 Å². The number of nitro benzene ring substituents is 1. The maximum atomic E-state index is 12.7. The van der Waals surface area contributed by atoms with Gasteiger partial charge in [0.05, 0.1) is 17.6 Å². The maximum absolute atomic E-state index is 12.7. The van der Waals surface area contributed by atoms with Crippen LogP contribution in [-0.4, -0.2) is 41.5 Å². The van der Waals surface area contributed by atoms with Crippen LogP contribution in [0.5, 0.6) is 0 Å². The molecular weight excluding hydrogens is 378 g/mol. The molecule has 1 saturated heterocycles. The van der Waals surface area contributed by atoms with Crippen LogP contribution in [0.15, 0.2) is 29.6 Å². The highest BCUT2D eigenvalue weighted by Gasteiger charge is 2.23. The number of aryl methyl sites for hydroxylation is 2. The topological polar surface area (TPSA) is 84.7 Å². The molecule has 0 radical (unpaired) electrons. The first-order valence-corrected chi connectivity index (χ1v) is 10.2. The average Bonchev–Trinajstić information content (AvgIpc) is 3.31. The van der Waals surface area contributed by atoms with Gasteiger partial charge in [0.1, 0.15) is 5.69 Å². The Kier molecular flexibility index (Phi) is 6.77. The molecule has 3 rings (SSSR count). The first-order valence-electron chi connectivity index (χ1n) is 9.34. The Morgan fingerprint density at radius 2 is 2.18 bits per heavy atom. The molecule has 8 heteroatoms. The van der Waals surface area contributed by atoms with Crippen molar-refractivity contribution in [1.82, 2.24) is 4.90 Å². The molecule has 150 valence electrons. The van der Waals surface area contributed by atoms with Crippen molar-refractivity contribution < 1.29 is 14.5 Å². The van der Waals surface area contributed by atoms with Crippen molar-refractivity contribution in [1.29, 1.82) is 0 Å². The summed E-state index contributed by atoms with van der Waals surface area (Å²) in [5.41, 5.74) is 1.88. The summed E-state index contributed by atoms with van der Waals surface area (Å²) >= 11 is 1.65. The van der Waals surface area contributed by atoms with Gasteiger partial charge in [0, 0.05) is 30.6 Å². The second kappa shape index (κ2) is 9.27. The summed E-state index contributed by atoms with van der Waals surface area (Å²) in [4.78, 5) is 26.8. The monoisotopic (exact) mass is 403 g/mol. The number of ether oxygens (including phenoxy) is 1. The van der Waals surface area contributed by atoms with Gasteiger partial charge in [-0.15, -0.1) is 11.3 Å². The molecule has 0 spiro atoms. The van der Waals surface area contributed by atoms with E-state index in [1.165, 1.54) is 10.9 Å². The van der Waals surface area contributed by atoms with Crippen LogP contribution < -0.4 is 5.32 Å². The summed E-state index contributed by atoms with van der Waals surface area (Å²) in [7, 11) is 0. The third-order valence-electron chi connectivity index (χ3n) is 4.90. The fourth-order valence-electron chi connectivity index (χ4n) is 3.33.